The fourth-order valence-electron chi connectivity index (χ4n) is 3.29. The molecule has 0 fully saturated rings. The zero-order valence-corrected chi connectivity index (χ0v) is 14.6. The largest absolute Gasteiger partial charge is 0.496 e. The summed E-state index contributed by atoms with van der Waals surface area (Å²) in [7, 11) is 1.71. The molecule has 3 N–H and O–H groups in total. The predicted octanol–water partition coefficient (Wildman–Crippen LogP) is 3.22. The number of nitrogens with zero attached hydrogens (tertiary/aromatic N) is 2. The van der Waals surface area contributed by atoms with Crippen LogP contribution in [0.2, 0.25) is 0 Å². The van der Waals surface area contributed by atoms with Crippen molar-refractivity contribution < 1.29 is 4.74 Å². The second kappa shape index (κ2) is 7.41. The number of H-pyrrole nitrogens is 2. The van der Waals surface area contributed by atoms with Gasteiger partial charge in [0, 0.05) is 48.4 Å². The lowest BCUT2D eigenvalue weighted by Gasteiger charge is -2.17. The van der Waals surface area contributed by atoms with Crippen molar-refractivity contribution in [3.8, 4) is 5.75 Å². The van der Waals surface area contributed by atoms with E-state index in [0.29, 0.717) is 0 Å². The van der Waals surface area contributed by atoms with Crippen molar-refractivity contribution in [1.29, 1.82) is 0 Å². The number of imidazole rings is 1. The Morgan fingerprint density at radius 2 is 2.12 bits per heavy atom. The third-order valence-corrected chi connectivity index (χ3v) is 4.52. The summed E-state index contributed by atoms with van der Waals surface area (Å²) in [6.45, 7) is 0.797. The van der Waals surface area contributed by atoms with Crippen LogP contribution in [0.15, 0.2) is 61.3 Å². The van der Waals surface area contributed by atoms with E-state index in [1.807, 2.05) is 30.6 Å². The summed E-state index contributed by atoms with van der Waals surface area (Å²) in [6, 6.07) is 10.0. The van der Waals surface area contributed by atoms with Crippen molar-refractivity contribution in [2.24, 2.45) is 0 Å². The summed E-state index contributed by atoms with van der Waals surface area (Å²) in [6.07, 6.45) is 10.2. The first-order valence-corrected chi connectivity index (χ1v) is 8.62. The molecule has 0 amide bonds. The molecule has 1 aromatic carbocycles. The van der Waals surface area contributed by atoms with E-state index < -0.39 is 0 Å². The zero-order chi connectivity index (χ0) is 17.8. The minimum absolute atomic E-state index is 0.0224. The van der Waals surface area contributed by atoms with Crippen molar-refractivity contribution in [2.75, 3.05) is 13.7 Å². The molecular formula is C20H21N5O. The molecule has 6 heteroatoms. The second-order valence-electron chi connectivity index (χ2n) is 6.09. The van der Waals surface area contributed by atoms with E-state index in [1.54, 1.807) is 19.5 Å². The summed E-state index contributed by atoms with van der Waals surface area (Å²) >= 11 is 0. The van der Waals surface area contributed by atoms with Crippen LogP contribution in [0, 0.1) is 0 Å². The predicted molar refractivity (Wildman–Crippen MR) is 101 cm³/mol. The number of hydrogen-bond donors (Lipinski definition) is 3. The highest BCUT2D eigenvalue weighted by Crippen LogP contribution is 2.28. The third-order valence-electron chi connectivity index (χ3n) is 4.52. The van der Waals surface area contributed by atoms with Crippen LogP contribution in [0.4, 0.5) is 0 Å². The molecule has 4 rings (SSSR count). The van der Waals surface area contributed by atoms with E-state index in [4.69, 9.17) is 4.74 Å². The van der Waals surface area contributed by atoms with Crippen LogP contribution in [-0.2, 0) is 6.42 Å². The molecule has 0 saturated carbocycles. The Bertz CT molecular complexity index is 962. The van der Waals surface area contributed by atoms with Gasteiger partial charge in [0.2, 0.25) is 0 Å². The van der Waals surface area contributed by atoms with Gasteiger partial charge in [0.05, 0.1) is 13.2 Å². The molecule has 6 nitrogen and oxygen atoms in total. The highest BCUT2D eigenvalue weighted by molar-refractivity contribution is 5.89. The number of ether oxygens (including phenoxy) is 1. The highest BCUT2D eigenvalue weighted by atomic mass is 16.5. The van der Waals surface area contributed by atoms with Gasteiger partial charge in [-0.15, -0.1) is 0 Å². The van der Waals surface area contributed by atoms with Crippen LogP contribution in [0.1, 0.15) is 23.0 Å². The molecule has 3 heterocycles. The Hall–Kier alpha value is -3.12. The molecule has 0 aliphatic rings. The molecule has 0 bridgehead atoms. The van der Waals surface area contributed by atoms with Crippen LogP contribution < -0.4 is 10.1 Å². The summed E-state index contributed by atoms with van der Waals surface area (Å²) in [5, 5.41) is 4.74. The maximum absolute atomic E-state index is 5.52. The molecule has 1 atom stereocenters. The van der Waals surface area contributed by atoms with Gasteiger partial charge in [0.15, 0.2) is 0 Å². The maximum Gasteiger partial charge on any atom is 0.128 e. The fourth-order valence-corrected chi connectivity index (χ4v) is 3.29. The van der Waals surface area contributed by atoms with Crippen molar-refractivity contribution >= 4 is 10.9 Å². The second-order valence-corrected chi connectivity index (χ2v) is 6.09. The lowest BCUT2D eigenvalue weighted by Crippen LogP contribution is -2.25. The first-order chi connectivity index (χ1) is 12.9. The standard InChI is InChI=1S/C20H21N5O/c1-26-17-6-2-5-16-18(17)14(13-25-16)7-9-22-19(20-23-10-11-24-20)15-4-3-8-21-12-15/h2-6,8,10-13,19,22,25H,7,9H2,1H3,(H,23,24). The number of benzene rings is 1. The molecule has 26 heavy (non-hydrogen) atoms. The summed E-state index contributed by atoms with van der Waals surface area (Å²) in [5.41, 5.74) is 3.41. The molecule has 132 valence electrons. The molecule has 4 aromatic rings. The lowest BCUT2D eigenvalue weighted by atomic mass is 10.1. The Labute approximate surface area is 151 Å². The summed E-state index contributed by atoms with van der Waals surface area (Å²) < 4.78 is 5.52. The number of rotatable bonds is 7. The minimum Gasteiger partial charge on any atom is -0.496 e. The van der Waals surface area contributed by atoms with E-state index in [9.17, 15) is 0 Å². The van der Waals surface area contributed by atoms with Gasteiger partial charge in [0.1, 0.15) is 11.6 Å². The molecule has 0 aliphatic heterocycles. The van der Waals surface area contributed by atoms with Crippen molar-refractivity contribution in [3.05, 3.63) is 78.3 Å². The number of nitrogens with one attached hydrogen (secondary N) is 3. The van der Waals surface area contributed by atoms with Crippen LogP contribution in [0.5, 0.6) is 5.75 Å². The number of aromatic nitrogens is 4. The normalized spacial score (nSPS) is 12.3. The maximum atomic E-state index is 5.52. The quantitative estimate of drug-likeness (QED) is 0.480. The summed E-state index contributed by atoms with van der Waals surface area (Å²) in [5.74, 6) is 1.78. The first-order valence-electron chi connectivity index (χ1n) is 8.62. The average molecular weight is 347 g/mol. The smallest absolute Gasteiger partial charge is 0.128 e. The van der Waals surface area contributed by atoms with Gasteiger partial charge >= 0.3 is 0 Å². The molecule has 1 unspecified atom stereocenters. The van der Waals surface area contributed by atoms with E-state index in [1.165, 1.54) is 5.56 Å². The Morgan fingerprint density at radius 1 is 1.15 bits per heavy atom. The van der Waals surface area contributed by atoms with Gasteiger partial charge < -0.3 is 20.0 Å². The lowest BCUT2D eigenvalue weighted by molar-refractivity contribution is 0.419. The van der Waals surface area contributed by atoms with Crippen LogP contribution in [0.25, 0.3) is 10.9 Å². The number of pyridine rings is 1. The van der Waals surface area contributed by atoms with Crippen molar-refractivity contribution in [2.45, 2.75) is 12.5 Å². The molecule has 3 aromatic heterocycles. The van der Waals surface area contributed by atoms with Gasteiger partial charge in [-0.3, -0.25) is 4.98 Å². The van der Waals surface area contributed by atoms with E-state index in [0.717, 1.165) is 41.0 Å². The minimum atomic E-state index is -0.0224. The average Bonchev–Trinajstić information content (AvgIpc) is 3.36. The number of hydrogen-bond acceptors (Lipinski definition) is 4. The third kappa shape index (κ3) is 3.19. The van der Waals surface area contributed by atoms with E-state index in [2.05, 4.69) is 43.6 Å². The Kier molecular flexibility index (Phi) is 4.66. The van der Waals surface area contributed by atoms with E-state index in [-0.39, 0.29) is 6.04 Å². The fraction of sp³-hybridized carbons (Fsp3) is 0.200. The Morgan fingerprint density at radius 3 is 2.88 bits per heavy atom. The number of aromatic amines is 2. The zero-order valence-electron chi connectivity index (χ0n) is 14.6. The van der Waals surface area contributed by atoms with Gasteiger partial charge in [-0.1, -0.05) is 12.1 Å². The first kappa shape index (κ1) is 16.4. The van der Waals surface area contributed by atoms with Crippen LogP contribution in [-0.4, -0.2) is 33.6 Å². The van der Waals surface area contributed by atoms with Crippen LogP contribution >= 0.6 is 0 Å². The van der Waals surface area contributed by atoms with E-state index >= 15 is 0 Å². The highest BCUT2D eigenvalue weighted by Gasteiger charge is 2.16. The van der Waals surface area contributed by atoms with Gasteiger partial charge in [-0.2, -0.15) is 0 Å². The number of fused-ring (bicyclic) bond motifs is 1. The van der Waals surface area contributed by atoms with Crippen LogP contribution in [0.3, 0.4) is 0 Å². The topological polar surface area (TPSA) is 78.6 Å². The molecule has 0 radical (unpaired) electrons. The molecule has 0 spiro atoms. The number of methoxy groups -OCH3 is 1. The van der Waals surface area contributed by atoms with Crippen molar-refractivity contribution in [1.82, 2.24) is 25.3 Å². The molecule has 0 aliphatic carbocycles. The van der Waals surface area contributed by atoms with Gasteiger partial charge in [0.25, 0.3) is 0 Å². The summed E-state index contributed by atoms with van der Waals surface area (Å²) in [4.78, 5) is 15.2. The Balaban J connectivity index is 1.53. The SMILES string of the molecule is COc1cccc2[nH]cc(CCNC(c3cccnc3)c3ncc[nH]3)c12. The molecular weight excluding hydrogens is 326 g/mol. The monoisotopic (exact) mass is 347 g/mol. The molecule has 0 saturated heterocycles. The van der Waals surface area contributed by atoms with Gasteiger partial charge in [-0.25, -0.2) is 4.98 Å². The van der Waals surface area contributed by atoms with Crippen molar-refractivity contribution in [3.63, 3.8) is 0 Å². The van der Waals surface area contributed by atoms with Gasteiger partial charge in [-0.05, 0) is 35.7 Å².